The number of aromatic nitrogens is 1. The van der Waals surface area contributed by atoms with Gasteiger partial charge in [-0.15, -0.1) is 0 Å². The predicted molar refractivity (Wildman–Crippen MR) is 143 cm³/mol. The highest BCUT2D eigenvalue weighted by atomic mass is 16.5. The van der Waals surface area contributed by atoms with E-state index in [9.17, 15) is 9.90 Å². The van der Waals surface area contributed by atoms with Crippen LogP contribution in [0, 0.1) is 20.8 Å². The SMILES string of the molecule is Cc1cc(OCc2c(-c3c(C)cccc3C)noc2C(C)C)ccc1/C=C/c1cccc(C(=O)O)c1. The van der Waals surface area contributed by atoms with Crippen molar-refractivity contribution in [1.29, 1.82) is 0 Å². The first-order valence-electron chi connectivity index (χ1n) is 12.0. The van der Waals surface area contributed by atoms with Gasteiger partial charge >= 0.3 is 5.97 Å². The monoisotopic (exact) mass is 481 g/mol. The van der Waals surface area contributed by atoms with Gasteiger partial charge in [-0.3, -0.25) is 0 Å². The molecule has 0 fully saturated rings. The minimum absolute atomic E-state index is 0.183. The molecule has 1 N–H and O–H groups in total. The molecule has 0 amide bonds. The van der Waals surface area contributed by atoms with E-state index < -0.39 is 5.97 Å². The quantitative estimate of drug-likeness (QED) is 0.260. The first-order chi connectivity index (χ1) is 17.2. The molecule has 36 heavy (non-hydrogen) atoms. The summed E-state index contributed by atoms with van der Waals surface area (Å²) in [6.07, 6.45) is 3.90. The van der Waals surface area contributed by atoms with Crippen molar-refractivity contribution in [2.45, 2.75) is 47.1 Å². The van der Waals surface area contributed by atoms with E-state index in [0.29, 0.717) is 6.61 Å². The molecule has 0 aliphatic rings. The number of aryl methyl sites for hydroxylation is 3. The zero-order chi connectivity index (χ0) is 25.8. The van der Waals surface area contributed by atoms with Crippen LogP contribution in [0.1, 0.15) is 69.3 Å². The van der Waals surface area contributed by atoms with Gasteiger partial charge in [0.15, 0.2) is 0 Å². The fourth-order valence-corrected chi connectivity index (χ4v) is 4.34. The molecule has 0 aliphatic heterocycles. The Morgan fingerprint density at radius 3 is 2.36 bits per heavy atom. The Kier molecular flexibility index (Phi) is 7.39. The van der Waals surface area contributed by atoms with E-state index in [1.165, 1.54) is 0 Å². The minimum Gasteiger partial charge on any atom is -0.489 e. The molecule has 0 saturated heterocycles. The minimum atomic E-state index is -0.933. The van der Waals surface area contributed by atoms with Crippen molar-refractivity contribution in [3.63, 3.8) is 0 Å². The molecule has 5 nitrogen and oxygen atoms in total. The molecule has 4 aromatic rings. The maximum absolute atomic E-state index is 11.2. The Labute approximate surface area is 212 Å². The van der Waals surface area contributed by atoms with E-state index >= 15 is 0 Å². The molecule has 5 heteroatoms. The van der Waals surface area contributed by atoms with Crippen LogP contribution >= 0.6 is 0 Å². The zero-order valence-electron chi connectivity index (χ0n) is 21.3. The highest BCUT2D eigenvalue weighted by Gasteiger charge is 2.22. The van der Waals surface area contributed by atoms with Crippen molar-refractivity contribution >= 4 is 18.1 Å². The lowest BCUT2D eigenvalue weighted by molar-refractivity contribution is 0.0697. The molecule has 3 aromatic carbocycles. The molecule has 4 rings (SSSR count). The van der Waals surface area contributed by atoms with Gasteiger partial charge in [-0.05, 0) is 72.9 Å². The number of rotatable bonds is 8. The van der Waals surface area contributed by atoms with Crippen LogP contribution in [-0.4, -0.2) is 16.2 Å². The summed E-state index contributed by atoms with van der Waals surface area (Å²) in [5.74, 6) is 0.855. The predicted octanol–water partition coefficient (Wildman–Crippen LogP) is 7.84. The van der Waals surface area contributed by atoms with E-state index in [4.69, 9.17) is 9.26 Å². The fraction of sp³-hybridized carbons (Fsp3) is 0.226. The van der Waals surface area contributed by atoms with Crippen molar-refractivity contribution in [3.05, 3.63) is 105 Å². The summed E-state index contributed by atoms with van der Waals surface area (Å²) >= 11 is 0. The summed E-state index contributed by atoms with van der Waals surface area (Å²) in [6, 6.07) is 19.1. The Morgan fingerprint density at radius 1 is 0.972 bits per heavy atom. The van der Waals surface area contributed by atoms with Crippen molar-refractivity contribution in [3.8, 4) is 17.0 Å². The summed E-state index contributed by atoms with van der Waals surface area (Å²) in [5, 5.41) is 13.6. The third-order valence-corrected chi connectivity index (χ3v) is 6.27. The molecular weight excluding hydrogens is 450 g/mol. The molecule has 0 atom stereocenters. The van der Waals surface area contributed by atoms with Gasteiger partial charge < -0.3 is 14.4 Å². The number of nitrogens with zero attached hydrogens (tertiary/aromatic N) is 1. The molecule has 0 radical (unpaired) electrons. The maximum Gasteiger partial charge on any atom is 0.335 e. The first-order valence-corrected chi connectivity index (χ1v) is 12.0. The lowest BCUT2D eigenvalue weighted by Gasteiger charge is -2.12. The van der Waals surface area contributed by atoms with Gasteiger partial charge in [-0.1, -0.05) is 67.6 Å². The normalized spacial score (nSPS) is 11.4. The molecule has 0 aliphatic carbocycles. The number of hydrogen-bond acceptors (Lipinski definition) is 4. The summed E-state index contributed by atoms with van der Waals surface area (Å²) < 4.78 is 12.0. The number of ether oxygens (including phenoxy) is 1. The molecule has 0 unspecified atom stereocenters. The highest BCUT2D eigenvalue weighted by molar-refractivity contribution is 5.88. The number of carboxylic acids is 1. The van der Waals surface area contributed by atoms with Gasteiger partial charge in [0.2, 0.25) is 0 Å². The highest BCUT2D eigenvalue weighted by Crippen LogP contribution is 2.34. The van der Waals surface area contributed by atoms with E-state index in [0.717, 1.165) is 56.1 Å². The van der Waals surface area contributed by atoms with Crippen LogP contribution in [0.15, 0.2) is 65.2 Å². The molecule has 1 heterocycles. The van der Waals surface area contributed by atoms with Gasteiger partial charge in [-0.2, -0.15) is 0 Å². The molecular formula is C31H31NO4. The van der Waals surface area contributed by atoms with E-state index in [1.807, 2.05) is 43.3 Å². The fourth-order valence-electron chi connectivity index (χ4n) is 4.34. The number of aromatic carboxylic acids is 1. The topological polar surface area (TPSA) is 72.6 Å². The van der Waals surface area contributed by atoms with Crippen LogP contribution in [0.3, 0.4) is 0 Å². The van der Waals surface area contributed by atoms with Crippen molar-refractivity contribution in [1.82, 2.24) is 5.16 Å². The Bertz CT molecular complexity index is 1410. The number of carbonyl (C=O) groups is 1. The molecule has 0 bridgehead atoms. The van der Waals surface area contributed by atoms with Crippen LogP contribution in [-0.2, 0) is 6.61 Å². The molecule has 184 valence electrons. The third kappa shape index (κ3) is 5.41. The second-order valence-corrected chi connectivity index (χ2v) is 9.37. The van der Waals surface area contributed by atoms with Crippen LogP contribution in [0.5, 0.6) is 5.75 Å². The zero-order valence-corrected chi connectivity index (χ0v) is 21.3. The lowest BCUT2D eigenvalue weighted by Crippen LogP contribution is -2.02. The first kappa shape index (κ1) is 25.0. The standard InChI is InChI=1S/C31H31NO4/c1-19(2)30-27(29(32-36-30)28-20(3)8-6-9-21(28)4)18-35-26-15-14-24(22(5)16-26)13-12-23-10-7-11-25(17-23)31(33)34/h6-17,19H,18H2,1-5H3,(H,33,34)/b13-12+. The summed E-state index contributed by atoms with van der Waals surface area (Å²) in [4.78, 5) is 11.2. The second-order valence-electron chi connectivity index (χ2n) is 9.37. The Morgan fingerprint density at radius 2 is 1.69 bits per heavy atom. The van der Waals surface area contributed by atoms with Gasteiger partial charge in [0, 0.05) is 11.5 Å². The van der Waals surface area contributed by atoms with Gasteiger partial charge in [0.25, 0.3) is 0 Å². The van der Waals surface area contributed by atoms with E-state index in [1.54, 1.807) is 18.2 Å². The van der Waals surface area contributed by atoms with Gasteiger partial charge in [0.1, 0.15) is 23.8 Å². The van der Waals surface area contributed by atoms with Gasteiger partial charge in [-0.25, -0.2) is 4.79 Å². The average Bonchev–Trinajstić information content (AvgIpc) is 3.26. The smallest absolute Gasteiger partial charge is 0.335 e. The average molecular weight is 482 g/mol. The number of hydrogen-bond donors (Lipinski definition) is 1. The van der Waals surface area contributed by atoms with Crippen molar-refractivity contribution < 1.29 is 19.2 Å². The van der Waals surface area contributed by atoms with Gasteiger partial charge in [0.05, 0.1) is 11.1 Å². The Hall–Kier alpha value is -4.12. The van der Waals surface area contributed by atoms with Crippen molar-refractivity contribution in [2.24, 2.45) is 0 Å². The number of benzene rings is 3. The summed E-state index contributed by atoms with van der Waals surface area (Å²) in [5.41, 5.74) is 8.41. The lowest BCUT2D eigenvalue weighted by atomic mass is 9.95. The Balaban J connectivity index is 1.55. The maximum atomic E-state index is 11.2. The van der Waals surface area contributed by atoms with Crippen LogP contribution in [0.2, 0.25) is 0 Å². The van der Waals surface area contributed by atoms with Crippen molar-refractivity contribution in [2.75, 3.05) is 0 Å². The third-order valence-electron chi connectivity index (χ3n) is 6.27. The van der Waals surface area contributed by atoms with Crippen LogP contribution in [0.4, 0.5) is 0 Å². The van der Waals surface area contributed by atoms with Crippen LogP contribution in [0.25, 0.3) is 23.4 Å². The van der Waals surface area contributed by atoms with E-state index in [2.05, 4.69) is 51.1 Å². The van der Waals surface area contributed by atoms with Crippen LogP contribution < -0.4 is 4.74 Å². The summed E-state index contributed by atoms with van der Waals surface area (Å²) in [7, 11) is 0. The number of carboxylic acid groups (broad SMARTS) is 1. The largest absolute Gasteiger partial charge is 0.489 e. The molecule has 0 spiro atoms. The van der Waals surface area contributed by atoms with E-state index in [-0.39, 0.29) is 11.5 Å². The molecule has 0 saturated carbocycles. The molecule has 1 aromatic heterocycles. The second kappa shape index (κ2) is 10.6. The summed E-state index contributed by atoms with van der Waals surface area (Å²) in [6.45, 7) is 10.7.